The monoisotopic (exact) mass is 223 g/mol. The van der Waals surface area contributed by atoms with Gasteiger partial charge in [-0.1, -0.05) is 48.0 Å². The number of amides is 1. The Labute approximate surface area is 101 Å². The largest absolute Gasteiger partial charge is 0.276 e. The van der Waals surface area contributed by atoms with Crippen molar-refractivity contribution >= 4 is 12.1 Å². The van der Waals surface area contributed by atoms with Crippen LogP contribution in [0.1, 0.15) is 21.5 Å². The summed E-state index contributed by atoms with van der Waals surface area (Å²) in [7, 11) is 0. The smallest absolute Gasteiger partial charge is 0.267 e. The Bertz CT molecular complexity index is 527. The average Bonchev–Trinajstić information content (AvgIpc) is 2.39. The lowest BCUT2D eigenvalue weighted by atomic mass is 10.2. The molecule has 0 unspecified atom stereocenters. The number of carbonyl (C=O) groups is 1. The highest BCUT2D eigenvalue weighted by atomic mass is 16.1. The van der Waals surface area contributed by atoms with Crippen molar-refractivity contribution in [1.82, 2.24) is 0 Å². The number of carbonyl (C=O) groups excluding carboxylic acids is 1. The molecule has 1 amide bonds. The predicted octanol–water partition coefficient (Wildman–Crippen LogP) is 3.25. The number of rotatable bonds is 2. The second-order valence-corrected chi connectivity index (χ2v) is 3.84. The molecule has 2 nitrogen and oxygen atoms in total. The van der Waals surface area contributed by atoms with Crippen LogP contribution in [0.5, 0.6) is 0 Å². The molecule has 2 heteroatoms. The summed E-state index contributed by atoms with van der Waals surface area (Å²) < 4.78 is 0. The zero-order valence-electron chi connectivity index (χ0n) is 9.63. The number of benzene rings is 2. The second-order valence-electron chi connectivity index (χ2n) is 3.84. The normalized spacial score (nSPS) is 10.6. The van der Waals surface area contributed by atoms with Gasteiger partial charge in [-0.3, -0.25) is 4.79 Å². The van der Waals surface area contributed by atoms with E-state index in [9.17, 15) is 4.79 Å². The quantitative estimate of drug-likeness (QED) is 0.718. The molecule has 0 saturated heterocycles. The summed E-state index contributed by atoms with van der Waals surface area (Å²) in [4.78, 5) is 15.6. The Balaban J connectivity index is 2.11. The van der Waals surface area contributed by atoms with Crippen molar-refractivity contribution in [2.24, 2.45) is 4.99 Å². The Morgan fingerprint density at radius 3 is 2.29 bits per heavy atom. The lowest BCUT2D eigenvalue weighted by Crippen LogP contribution is -1.95. The fourth-order valence-corrected chi connectivity index (χ4v) is 1.44. The van der Waals surface area contributed by atoms with Crippen LogP contribution in [0.15, 0.2) is 59.6 Å². The van der Waals surface area contributed by atoms with Crippen LogP contribution in [-0.4, -0.2) is 12.1 Å². The predicted molar refractivity (Wildman–Crippen MR) is 69.5 cm³/mol. The Morgan fingerprint density at radius 1 is 1.00 bits per heavy atom. The van der Waals surface area contributed by atoms with Crippen LogP contribution in [0.4, 0.5) is 0 Å². The first-order valence-corrected chi connectivity index (χ1v) is 5.46. The van der Waals surface area contributed by atoms with E-state index >= 15 is 0 Å². The third-order valence-corrected chi connectivity index (χ3v) is 2.43. The first-order chi connectivity index (χ1) is 8.25. The van der Waals surface area contributed by atoms with Gasteiger partial charge in [0.1, 0.15) is 0 Å². The van der Waals surface area contributed by atoms with Gasteiger partial charge in [0.25, 0.3) is 5.91 Å². The van der Waals surface area contributed by atoms with Gasteiger partial charge in [-0.15, -0.1) is 0 Å². The van der Waals surface area contributed by atoms with Crippen LogP contribution in [0.3, 0.4) is 0 Å². The fraction of sp³-hybridized carbons (Fsp3) is 0.0667. The summed E-state index contributed by atoms with van der Waals surface area (Å²) in [5.74, 6) is -0.217. The minimum atomic E-state index is -0.217. The SMILES string of the molecule is Cc1ccc(C=NC(=O)c2ccccc2)cc1. The molecule has 17 heavy (non-hydrogen) atoms. The first-order valence-electron chi connectivity index (χ1n) is 5.46. The van der Waals surface area contributed by atoms with Crippen molar-refractivity contribution in [2.75, 3.05) is 0 Å². The van der Waals surface area contributed by atoms with Crippen molar-refractivity contribution in [3.05, 3.63) is 71.3 Å². The Kier molecular flexibility index (Phi) is 3.46. The van der Waals surface area contributed by atoms with Gasteiger partial charge in [-0.25, -0.2) is 4.99 Å². The van der Waals surface area contributed by atoms with Gasteiger partial charge in [0.05, 0.1) is 0 Å². The molecular formula is C15H13NO. The molecule has 0 spiro atoms. The lowest BCUT2D eigenvalue weighted by molar-refractivity contribution is 0.100. The Hall–Kier alpha value is -2.22. The summed E-state index contributed by atoms with van der Waals surface area (Å²) in [6.45, 7) is 2.02. The molecule has 0 saturated carbocycles. The van der Waals surface area contributed by atoms with Gasteiger partial charge in [0.2, 0.25) is 0 Å². The minimum Gasteiger partial charge on any atom is -0.267 e. The number of hydrogen-bond donors (Lipinski definition) is 0. The van der Waals surface area contributed by atoms with Gasteiger partial charge in [-0.2, -0.15) is 0 Å². The molecule has 0 N–H and O–H groups in total. The van der Waals surface area contributed by atoms with Gasteiger partial charge in [-0.05, 0) is 24.6 Å². The van der Waals surface area contributed by atoms with Crippen LogP contribution in [0.25, 0.3) is 0 Å². The molecule has 2 rings (SSSR count). The van der Waals surface area contributed by atoms with Gasteiger partial charge in [0, 0.05) is 11.8 Å². The molecule has 0 aromatic heterocycles. The highest BCUT2D eigenvalue weighted by molar-refractivity contribution is 6.01. The molecule has 0 aliphatic carbocycles. The van der Waals surface area contributed by atoms with E-state index in [0.717, 1.165) is 5.56 Å². The topological polar surface area (TPSA) is 29.4 Å². The van der Waals surface area contributed by atoms with Crippen molar-refractivity contribution in [2.45, 2.75) is 6.92 Å². The van der Waals surface area contributed by atoms with E-state index in [1.807, 2.05) is 49.4 Å². The highest BCUT2D eigenvalue weighted by Gasteiger charge is 2.00. The molecule has 2 aromatic rings. The van der Waals surface area contributed by atoms with E-state index in [-0.39, 0.29) is 5.91 Å². The van der Waals surface area contributed by atoms with Gasteiger partial charge in [0.15, 0.2) is 0 Å². The maximum atomic E-state index is 11.7. The van der Waals surface area contributed by atoms with Crippen LogP contribution in [0.2, 0.25) is 0 Å². The zero-order chi connectivity index (χ0) is 12.1. The zero-order valence-corrected chi connectivity index (χ0v) is 9.63. The molecule has 0 aliphatic rings. The molecule has 0 radical (unpaired) electrons. The van der Waals surface area contributed by atoms with Crippen molar-refractivity contribution in [1.29, 1.82) is 0 Å². The van der Waals surface area contributed by atoms with Crippen molar-refractivity contribution in [3.63, 3.8) is 0 Å². The molecule has 0 heterocycles. The van der Waals surface area contributed by atoms with Gasteiger partial charge >= 0.3 is 0 Å². The molecule has 84 valence electrons. The molecular weight excluding hydrogens is 210 g/mol. The summed E-state index contributed by atoms with van der Waals surface area (Å²) in [6, 6.07) is 16.9. The summed E-state index contributed by atoms with van der Waals surface area (Å²) in [5.41, 5.74) is 2.73. The van der Waals surface area contributed by atoms with Crippen LogP contribution in [-0.2, 0) is 0 Å². The van der Waals surface area contributed by atoms with Crippen LogP contribution in [0, 0.1) is 6.92 Å². The third-order valence-electron chi connectivity index (χ3n) is 2.43. The van der Waals surface area contributed by atoms with E-state index in [2.05, 4.69) is 4.99 Å². The maximum Gasteiger partial charge on any atom is 0.276 e. The fourth-order valence-electron chi connectivity index (χ4n) is 1.44. The molecule has 0 fully saturated rings. The molecule has 2 aromatic carbocycles. The maximum absolute atomic E-state index is 11.7. The summed E-state index contributed by atoms with van der Waals surface area (Å²) in [6.07, 6.45) is 1.59. The number of aliphatic imine (C=N–C) groups is 1. The Morgan fingerprint density at radius 2 is 1.65 bits per heavy atom. The third kappa shape index (κ3) is 3.11. The first kappa shape index (κ1) is 11.3. The average molecular weight is 223 g/mol. The number of aryl methyl sites for hydroxylation is 1. The van der Waals surface area contributed by atoms with E-state index < -0.39 is 0 Å². The van der Waals surface area contributed by atoms with E-state index in [4.69, 9.17) is 0 Å². The minimum absolute atomic E-state index is 0.217. The van der Waals surface area contributed by atoms with E-state index in [1.165, 1.54) is 5.56 Å². The summed E-state index contributed by atoms with van der Waals surface area (Å²) >= 11 is 0. The number of nitrogens with zero attached hydrogens (tertiary/aromatic N) is 1. The van der Waals surface area contributed by atoms with E-state index in [1.54, 1.807) is 18.3 Å². The van der Waals surface area contributed by atoms with Crippen molar-refractivity contribution < 1.29 is 4.79 Å². The van der Waals surface area contributed by atoms with E-state index in [0.29, 0.717) is 5.56 Å². The summed E-state index contributed by atoms with van der Waals surface area (Å²) in [5, 5.41) is 0. The lowest BCUT2D eigenvalue weighted by Gasteiger charge is -1.95. The molecule has 0 aliphatic heterocycles. The standard InChI is InChI=1S/C15H13NO/c1-12-7-9-13(10-8-12)11-16-15(17)14-5-3-2-4-6-14/h2-11H,1H3. The molecule has 0 bridgehead atoms. The van der Waals surface area contributed by atoms with Crippen molar-refractivity contribution in [3.8, 4) is 0 Å². The highest BCUT2D eigenvalue weighted by Crippen LogP contribution is 2.03. The van der Waals surface area contributed by atoms with Gasteiger partial charge < -0.3 is 0 Å². The number of hydrogen-bond acceptors (Lipinski definition) is 1. The van der Waals surface area contributed by atoms with Crippen LogP contribution >= 0.6 is 0 Å². The van der Waals surface area contributed by atoms with Crippen LogP contribution < -0.4 is 0 Å². The second kappa shape index (κ2) is 5.21. The molecule has 0 atom stereocenters.